The summed E-state index contributed by atoms with van der Waals surface area (Å²) in [5.41, 5.74) is 1.03. The maximum atomic E-state index is 13.9. The Morgan fingerprint density at radius 2 is 1.78 bits per heavy atom. The minimum absolute atomic E-state index is 0.185. The van der Waals surface area contributed by atoms with Crippen LogP contribution in [0.4, 0.5) is 4.39 Å². The van der Waals surface area contributed by atoms with Gasteiger partial charge in [0, 0.05) is 19.2 Å². The molecule has 7 heteroatoms. The van der Waals surface area contributed by atoms with Gasteiger partial charge in [0.25, 0.3) is 5.91 Å². The van der Waals surface area contributed by atoms with Crippen molar-refractivity contribution in [1.82, 2.24) is 15.1 Å². The van der Waals surface area contributed by atoms with Crippen LogP contribution in [0, 0.1) is 5.92 Å². The number of nitrogens with zero attached hydrogens (tertiary/aromatic N) is 2. The number of benzene rings is 2. The fraction of sp³-hybridized carbons (Fsp3) is 0.517. The van der Waals surface area contributed by atoms with E-state index in [1.165, 1.54) is 4.90 Å². The summed E-state index contributed by atoms with van der Waals surface area (Å²) in [6.45, 7) is 6.99. The van der Waals surface area contributed by atoms with Gasteiger partial charge in [0.15, 0.2) is 0 Å². The Balaban J connectivity index is 1.35. The lowest BCUT2D eigenvalue weighted by molar-refractivity contribution is -0.129. The van der Waals surface area contributed by atoms with E-state index in [9.17, 15) is 14.0 Å². The average molecular weight is 496 g/mol. The molecule has 2 amide bonds. The van der Waals surface area contributed by atoms with Gasteiger partial charge in [-0.3, -0.25) is 14.5 Å². The van der Waals surface area contributed by atoms with E-state index in [-0.39, 0.29) is 17.9 Å². The van der Waals surface area contributed by atoms with Gasteiger partial charge < -0.3 is 15.0 Å². The number of carbonyl (C=O) groups excluding carboxylic acids is 2. The molecule has 194 valence electrons. The van der Waals surface area contributed by atoms with Crippen LogP contribution in [-0.4, -0.2) is 73.2 Å². The molecule has 0 saturated carbocycles. The zero-order valence-electron chi connectivity index (χ0n) is 21.6. The number of hydrogen-bond donors (Lipinski definition) is 1. The summed E-state index contributed by atoms with van der Waals surface area (Å²) in [6, 6.07) is 14.9. The molecule has 0 unspecified atom stereocenters. The zero-order chi connectivity index (χ0) is 25.7. The first-order chi connectivity index (χ1) is 17.2. The Kier molecular flexibility index (Phi) is 8.42. The number of ether oxygens (including phenoxy) is 1. The third kappa shape index (κ3) is 6.71. The second-order valence-electron chi connectivity index (χ2n) is 10.7. The fourth-order valence-corrected chi connectivity index (χ4v) is 5.12. The van der Waals surface area contributed by atoms with Crippen molar-refractivity contribution in [3.8, 4) is 16.9 Å². The molecule has 2 aliphatic rings. The van der Waals surface area contributed by atoms with E-state index >= 15 is 0 Å². The number of likely N-dealkylation sites (tertiary alicyclic amines) is 1. The van der Waals surface area contributed by atoms with Crippen molar-refractivity contribution in [1.29, 1.82) is 0 Å². The summed E-state index contributed by atoms with van der Waals surface area (Å²) < 4.78 is 20.0. The fourth-order valence-electron chi connectivity index (χ4n) is 5.12. The van der Waals surface area contributed by atoms with Crippen LogP contribution in [0.5, 0.6) is 5.75 Å². The van der Waals surface area contributed by atoms with E-state index in [2.05, 4.69) is 10.2 Å². The standard InChI is InChI=1S/C29H38FN3O3/c1-29(2,30)20-33-17-14-21(15-18-33)19-36-23-12-10-22(11-13-23)24-7-4-5-8-25(24)27(34)32(3)28(35)26-9-6-16-31-26/h4-5,7-8,10-13,21,26,31H,6,9,14-20H2,1-3H3/t26-/m1/s1. The Labute approximate surface area is 213 Å². The second-order valence-corrected chi connectivity index (χ2v) is 10.7. The normalized spacial score (nSPS) is 19.3. The highest BCUT2D eigenvalue weighted by Crippen LogP contribution is 2.28. The number of imide groups is 1. The molecule has 2 aromatic rings. The number of nitrogens with one attached hydrogen (secondary N) is 1. The van der Waals surface area contributed by atoms with E-state index in [0.29, 0.717) is 24.6 Å². The van der Waals surface area contributed by atoms with Gasteiger partial charge >= 0.3 is 0 Å². The highest BCUT2D eigenvalue weighted by molar-refractivity contribution is 6.09. The maximum Gasteiger partial charge on any atom is 0.260 e. The number of piperidine rings is 1. The first-order valence-electron chi connectivity index (χ1n) is 13.0. The van der Waals surface area contributed by atoms with Gasteiger partial charge in [-0.1, -0.05) is 30.3 Å². The van der Waals surface area contributed by atoms with Crippen LogP contribution in [-0.2, 0) is 4.79 Å². The highest BCUT2D eigenvalue weighted by atomic mass is 19.1. The number of likely N-dealkylation sites (N-methyl/N-ethyl adjacent to an activating group) is 1. The van der Waals surface area contributed by atoms with E-state index in [4.69, 9.17) is 4.74 Å². The number of amides is 2. The van der Waals surface area contributed by atoms with Crippen LogP contribution < -0.4 is 10.1 Å². The zero-order valence-corrected chi connectivity index (χ0v) is 21.6. The molecule has 0 bridgehead atoms. The molecule has 2 aliphatic heterocycles. The molecule has 4 rings (SSSR count). The van der Waals surface area contributed by atoms with E-state index in [1.54, 1.807) is 27.0 Å². The van der Waals surface area contributed by atoms with Gasteiger partial charge in [0.1, 0.15) is 11.4 Å². The Hall–Kier alpha value is -2.77. The van der Waals surface area contributed by atoms with Gasteiger partial charge in [-0.2, -0.15) is 0 Å². The molecule has 36 heavy (non-hydrogen) atoms. The van der Waals surface area contributed by atoms with Crippen molar-refractivity contribution in [2.24, 2.45) is 5.92 Å². The van der Waals surface area contributed by atoms with E-state index in [0.717, 1.165) is 62.2 Å². The summed E-state index contributed by atoms with van der Waals surface area (Å²) in [5, 5.41) is 3.17. The maximum absolute atomic E-state index is 13.9. The molecule has 0 aliphatic carbocycles. The van der Waals surface area contributed by atoms with Gasteiger partial charge in [0.2, 0.25) is 5.91 Å². The van der Waals surface area contributed by atoms with E-state index < -0.39 is 5.67 Å². The molecule has 0 aromatic heterocycles. The average Bonchev–Trinajstić information content (AvgIpc) is 3.41. The molecule has 2 saturated heterocycles. The molecule has 0 spiro atoms. The molecule has 2 heterocycles. The number of rotatable bonds is 8. The van der Waals surface area contributed by atoms with Gasteiger partial charge in [-0.15, -0.1) is 0 Å². The van der Waals surface area contributed by atoms with Crippen molar-refractivity contribution in [3.05, 3.63) is 54.1 Å². The Bertz CT molecular complexity index is 1040. The first kappa shape index (κ1) is 26.3. The van der Waals surface area contributed by atoms with Crippen LogP contribution in [0.3, 0.4) is 0 Å². The number of alkyl halides is 1. The molecule has 1 atom stereocenters. The number of carbonyl (C=O) groups is 2. The molecule has 0 radical (unpaired) electrons. The van der Waals surface area contributed by atoms with Crippen molar-refractivity contribution in [3.63, 3.8) is 0 Å². The van der Waals surface area contributed by atoms with Crippen molar-refractivity contribution in [2.75, 3.05) is 39.8 Å². The van der Waals surface area contributed by atoms with Gasteiger partial charge in [-0.05, 0) is 94.4 Å². The van der Waals surface area contributed by atoms with Crippen LogP contribution in [0.15, 0.2) is 48.5 Å². The predicted molar refractivity (Wildman–Crippen MR) is 140 cm³/mol. The molecular weight excluding hydrogens is 457 g/mol. The molecule has 2 aromatic carbocycles. The lowest BCUT2D eigenvalue weighted by atomic mass is 9.96. The van der Waals surface area contributed by atoms with E-state index in [1.807, 2.05) is 42.5 Å². The SMILES string of the molecule is CN(C(=O)c1ccccc1-c1ccc(OCC2CCN(CC(C)(C)F)CC2)cc1)C(=O)[C@H]1CCCN1. The van der Waals surface area contributed by atoms with Crippen LogP contribution in [0.1, 0.15) is 49.9 Å². The Morgan fingerprint density at radius 3 is 2.42 bits per heavy atom. The largest absolute Gasteiger partial charge is 0.493 e. The van der Waals surface area contributed by atoms with Crippen molar-refractivity contribution >= 4 is 11.8 Å². The third-order valence-electron chi connectivity index (χ3n) is 7.11. The molecule has 1 N–H and O–H groups in total. The molecule has 6 nitrogen and oxygen atoms in total. The first-order valence-corrected chi connectivity index (χ1v) is 13.0. The highest BCUT2D eigenvalue weighted by Gasteiger charge is 2.30. The summed E-state index contributed by atoms with van der Waals surface area (Å²) in [4.78, 5) is 29.4. The monoisotopic (exact) mass is 495 g/mol. The van der Waals surface area contributed by atoms with Crippen LogP contribution in [0.25, 0.3) is 11.1 Å². The molecule has 2 fully saturated rings. The van der Waals surface area contributed by atoms with Gasteiger partial charge in [0.05, 0.1) is 12.6 Å². The van der Waals surface area contributed by atoms with Crippen molar-refractivity contribution < 1.29 is 18.7 Å². The topological polar surface area (TPSA) is 61.9 Å². The minimum Gasteiger partial charge on any atom is -0.493 e. The Morgan fingerprint density at radius 1 is 1.08 bits per heavy atom. The van der Waals surface area contributed by atoms with Crippen molar-refractivity contribution in [2.45, 2.75) is 51.2 Å². The van der Waals surface area contributed by atoms with Crippen LogP contribution >= 0.6 is 0 Å². The van der Waals surface area contributed by atoms with Gasteiger partial charge in [-0.25, -0.2) is 4.39 Å². The molecular formula is C29H38FN3O3. The summed E-state index contributed by atoms with van der Waals surface area (Å²) in [5.74, 6) is 0.765. The number of halogens is 1. The summed E-state index contributed by atoms with van der Waals surface area (Å²) in [7, 11) is 1.56. The second kappa shape index (κ2) is 11.5. The quantitative estimate of drug-likeness (QED) is 0.545. The lowest BCUT2D eigenvalue weighted by Gasteiger charge is -2.34. The smallest absolute Gasteiger partial charge is 0.260 e. The summed E-state index contributed by atoms with van der Waals surface area (Å²) >= 11 is 0. The predicted octanol–water partition coefficient (Wildman–Crippen LogP) is 4.54. The minimum atomic E-state index is -1.16. The lowest BCUT2D eigenvalue weighted by Crippen LogP contribution is -2.44. The van der Waals surface area contributed by atoms with Crippen LogP contribution in [0.2, 0.25) is 0 Å². The summed E-state index contributed by atoms with van der Waals surface area (Å²) in [6.07, 6.45) is 3.72. The third-order valence-corrected chi connectivity index (χ3v) is 7.11. The number of hydrogen-bond acceptors (Lipinski definition) is 5.